The Morgan fingerprint density at radius 1 is 1.28 bits per heavy atom. The van der Waals surface area contributed by atoms with Gasteiger partial charge in [0, 0.05) is 45.4 Å². The molecule has 18 heavy (non-hydrogen) atoms. The predicted molar refractivity (Wildman–Crippen MR) is 79.5 cm³/mol. The van der Waals surface area contributed by atoms with E-state index in [0.717, 1.165) is 19.0 Å². The highest BCUT2D eigenvalue weighted by Crippen LogP contribution is 2.33. The summed E-state index contributed by atoms with van der Waals surface area (Å²) in [5.41, 5.74) is 0.398. The normalized spacial score (nSPS) is 30.5. The van der Waals surface area contributed by atoms with E-state index in [4.69, 9.17) is 4.74 Å². The van der Waals surface area contributed by atoms with E-state index in [-0.39, 0.29) is 0 Å². The summed E-state index contributed by atoms with van der Waals surface area (Å²) in [6, 6.07) is 0.695. The fourth-order valence-electron chi connectivity index (χ4n) is 3.33. The van der Waals surface area contributed by atoms with Gasteiger partial charge in [0.25, 0.3) is 0 Å². The van der Waals surface area contributed by atoms with Gasteiger partial charge in [0.2, 0.25) is 0 Å². The molecule has 4 heteroatoms. The first-order valence-electron chi connectivity index (χ1n) is 7.34. The Bertz CT molecular complexity index is 256. The highest BCUT2D eigenvalue weighted by molar-refractivity contribution is 7.80. The minimum absolute atomic E-state index is 0.398. The molecule has 2 saturated heterocycles. The van der Waals surface area contributed by atoms with Crippen molar-refractivity contribution in [3.05, 3.63) is 0 Å². The van der Waals surface area contributed by atoms with Gasteiger partial charge in [-0.25, -0.2) is 0 Å². The Balaban J connectivity index is 1.88. The lowest BCUT2D eigenvalue weighted by Gasteiger charge is -2.45. The van der Waals surface area contributed by atoms with Crippen LogP contribution in [0.15, 0.2) is 0 Å². The zero-order chi connectivity index (χ0) is 13.0. The molecule has 3 nitrogen and oxygen atoms in total. The Labute approximate surface area is 117 Å². The van der Waals surface area contributed by atoms with E-state index in [1.807, 2.05) is 0 Å². The Morgan fingerprint density at radius 3 is 2.56 bits per heavy atom. The van der Waals surface area contributed by atoms with E-state index in [9.17, 15) is 0 Å². The molecule has 0 spiro atoms. The molecule has 2 rings (SSSR count). The lowest BCUT2D eigenvalue weighted by molar-refractivity contribution is -0.00774. The zero-order valence-electron chi connectivity index (χ0n) is 11.9. The van der Waals surface area contributed by atoms with Crippen LogP contribution in [-0.2, 0) is 4.74 Å². The van der Waals surface area contributed by atoms with Crippen LogP contribution >= 0.6 is 12.6 Å². The average Bonchev–Trinajstić information content (AvgIpc) is 2.40. The molecule has 0 aromatic rings. The standard InChI is InChI=1S/C14H28N2OS/c1-3-16-7-6-15(10-13(16)2)11-14(12-18)4-8-17-9-5-14/h13,18H,3-12H2,1-2H3. The molecule has 0 radical (unpaired) electrons. The van der Waals surface area contributed by atoms with Crippen LogP contribution in [0, 0.1) is 5.41 Å². The van der Waals surface area contributed by atoms with Gasteiger partial charge in [0.05, 0.1) is 0 Å². The minimum Gasteiger partial charge on any atom is -0.381 e. The van der Waals surface area contributed by atoms with Gasteiger partial charge in [0.15, 0.2) is 0 Å². The van der Waals surface area contributed by atoms with Crippen LogP contribution in [0.1, 0.15) is 26.7 Å². The number of likely N-dealkylation sites (N-methyl/N-ethyl adjacent to an activating group) is 1. The zero-order valence-corrected chi connectivity index (χ0v) is 12.8. The summed E-state index contributed by atoms with van der Waals surface area (Å²) in [4.78, 5) is 5.23. The topological polar surface area (TPSA) is 15.7 Å². The first kappa shape index (κ1) is 14.6. The van der Waals surface area contributed by atoms with Crippen molar-refractivity contribution in [2.45, 2.75) is 32.7 Å². The van der Waals surface area contributed by atoms with Crippen molar-refractivity contribution in [2.24, 2.45) is 5.41 Å². The van der Waals surface area contributed by atoms with Gasteiger partial charge in [-0.05, 0) is 37.5 Å². The molecule has 0 amide bonds. The maximum Gasteiger partial charge on any atom is 0.0472 e. The van der Waals surface area contributed by atoms with Gasteiger partial charge in [-0.1, -0.05) is 6.92 Å². The van der Waals surface area contributed by atoms with Crippen LogP contribution in [0.25, 0.3) is 0 Å². The van der Waals surface area contributed by atoms with Gasteiger partial charge in [-0.15, -0.1) is 0 Å². The number of hydrogen-bond acceptors (Lipinski definition) is 4. The molecule has 0 aromatic heterocycles. The monoisotopic (exact) mass is 272 g/mol. The minimum atomic E-state index is 0.398. The number of hydrogen-bond donors (Lipinski definition) is 1. The summed E-state index contributed by atoms with van der Waals surface area (Å²) in [5.74, 6) is 0.999. The van der Waals surface area contributed by atoms with Crippen LogP contribution in [0.5, 0.6) is 0 Å². The van der Waals surface area contributed by atoms with Crippen molar-refractivity contribution in [3.63, 3.8) is 0 Å². The van der Waals surface area contributed by atoms with Crippen LogP contribution in [0.3, 0.4) is 0 Å². The fourth-order valence-corrected chi connectivity index (χ4v) is 3.75. The van der Waals surface area contributed by atoms with Crippen LogP contribution in [0.2, 0.25) is 0 Å². The first-order chi connectivity index (χ1) is 8.69. The summed E-state index contributed by atoms with van der Waals surface area (Å²) in [5, 5.41) is 0. The van der Waals surface area contributed by atoms with Crippen molar-refractivity contribution in [2.75, 3.05) is 51.7 Å². The second-order valence-corrected chi connectivity index (χ2v) is 6.30. The summed E-state index contributed by atoms with van der Waals surface area (Å²) in [6.07, 6.45) is 2.36. The van der Waals surface area contributed by atoms with E-state index in [0.29, 0.717) is 11.5 Å². The molecule has 2 fully saturated rings. The third-order valence-corrected chi connectivity index (χ3v) is 5.37. The van der Waals surface area contributed by atoms with Gasteiger partial charge >= 0.3 is 0 Å². The van der Waals surface area contributed by atoms with Crippen LogP contribution in [-0.4, -0.2) is 67.5 Å². The smallest absolute Gasteiger partial charge is 0.0472 e. The molecule has 0 aliphatic carbocycles. The fraction of sp³-hybridized carbons (Fsp3) is 1.00. The maximum absolute atomic E-state index is 5.51. The van der Waals surface area contributed by atoms with E-state index < -0.39 is 0 Å². The van der Waals surface area contributed by atoms with Crippen molar-refractivity contribution in [1.82, 2.24) is 9.80 Å². The third kappa shape index (κ3) is 3.41. The number of thiol groups is 1. The molecule has 0 aromatic carbocycles. The van der Waals surface area contributed by atoms with Crippen molar-refractivity contribution < 1.29 is 4.74 Å². The van der Waals surface area contributed by atoms with Crippen molar-refractivity contribution in [1.29, 1.82) is 0 Å². The van der Waals surface area contributed by atoms with Gasteiger partial charge in [0.1, 0.15) is 0 Å². The predicted octanol–water partition coefficient (Wildman–Crippen LogP) is 1.74. The average molecular weight is 272 g/mol. The van der Waals surface area contributed by atoms with Gasteiger partial charge < -0.3 is 4.74 Å². The lowest BCUT2D eigenvalue weighted by Crippen LogP contribution is -2.55. The Hall–Kier alpha value is 0.230. The Kier molecular flexibility index (Phi) is 5.36. The molecule has 0 saturated carbocycles. The molecule has 0 N–H and O–H groups in total. The van der Waals surface area contributed by atoms with E-state index in [2.05, 4.69) is 36.3 Å². The van der Waals surface area contributed by atoms with Gasteiger partial charge in [-0.2, -0.15) is 12.6 Å². The number of ether oxygens (including phenoxy) is 1. The molecule has 2 aliphatic rings. The second-order valence-electron chi connectivity index (χ2n) is 5.98. The highest BCUT2D eigenvalue weighted by atomic mass is 32.1. The van der Waals surface area contributed by atoms with E-state index >= 15 is 0 Å². The molecule has 2 heterocycles. The van der Waals surface area contributed by atoms with E-state index in [1.165, 1.54) is 45.6 Å². The Morgan fingerprint density at radius 2 is 2.00 bits per heavy atom. The van der Waals surface area contributed by atoms with Crippen LogP contribution < -0.4 is 0 Å². The van der Waals surface area contributed by atoms with E-state index in [1.54, 1.807) is 0 Å². The molecule has 106 valence electrons. The number of nitrogens with zero attached hydrogens (tertiary/aromatic N) is 2. The van der Waals surface area contributed by atoms with Gasteiger partial charge in [-0.3, -0.25) is 9.80 Å². The largest absolute Gasteiger partial charge is 0.381 e. The summed E-state index contributed by atoms with van der Waals surface area (Å²) in [7, 11) is 0. The van der Waals surface area contributed by atoms with Crippen molar-refractivity contribution >= 4 is 12.6 Å². The molecular formula is C14H28N2OS. The number of rotatable bonds is 4. The van der Waals surface area contributed by atoms with Crippen LogP contribution in [0.4, 0.5) is 0 Å². The second kappa shape index (κ2) is 6.60. The molecular weight excluding hydrogens is 244 g/mol. The van der Waals surface area contributed by atoms with Crippen molar-refractivity contribution in [3.8, 4) is 0 Å². The maximum atomic E-state index is 5.51. The third-order valence-electron chi connectivity index (χ3n) is 4.70. The highest BCUT2D eigenvalue weighted by Gasteiger charge is 2.35. The quantitative estimate of drug-likeness (QED) is 0.785. The molecule has 1 unspecified atom stereocenters. The summed E-state index contributed by atoms with van der Waals surface area (Å²) < 4.78 is 5.51. The lowest BCUT2D eigenvalue weighted by atomic mass is 9.81. The SMILES string of the molecule is CCN1CCN(CC2(CS)CCOCC2)CC1C. The molecule has 2 aliphatic heterocycles. The number of piperazine rings is 1. The first-order valence-corrected chi connectivity index (χ1v) is 7.97. The summed E-state index contributed by atoms with van der Waals surface area (Å²) in [6.45, 7) is 12.5. The molecule has 1 atom stereocenters. The molecule has 0 bridgehead atoms. The summed E-state index contributed by atoms with van der Waals surface area (Å²) >= 11 is 4.61.